The molecule has 6 heteroatoms. The monoisotopic (exact) mass is 376 g/mol. The number of carbonyl (C=O) groups excluding carboxylic acids is 1. The van der Waals surface area contributed by atoms with Crippen molar-refractivity contribution in [1.29, 1.82) is 0 Å². The molecule has 1 aliphatic rings. The fraction of sp³-hybridized carbons (Fsp3) is 0.381. The number of alkyl halides is 3. The van der Waals surface area contributed by atoms with Gasteiger partial charge in [-0.25, -0.2) is 0 Å². The van der Waals surface area contributed by atoms with E-state index in [0.717, 1.165) is 43.1 Å². The van der Waals surface area contributed by atoms with E-state index in [1.165, 1.54) is 19.3 Å². The topological polar surface area (TPSA) is 55.1 Å². The van der Waals surface area contributed by atoms with E-state index >= 15 is 0 Å². The van der Waals surface area contributed by atoms with E-state index in [1.54, 1.807) is 12.1 Å². The maximum absolute atomic E-state index is 13.0. The highest BCUT2D eigenvalue weighted by Crippen LogP contribution is 2.34. The molecule has 1 saturated heterocycles. The van der Waals surface area contributed by atoms with Gasteiger partial charge in [-0.3, -0.25) is 4.79 Å². The van der Waals surface area contributed by atoms with Gasteiger partial charge in [-0.1, -0.05) is 30.7 Å². The second kappa shape index (κ2) is 8.13. The largest absolute Gasteiger partial charge is 0.416 e. The maximum atomic E-state index is 13.0. The van der Waals surface area contributed by atoms with Gasteiger partial charge in [0, 0.05) is 11.6 Å². The SMILES string of the molecule is NC(=O)c1ccc(C(F)(F)F)cc1-c1ccc(CCC2CCCCN2)cc1. The van der Waals surface area contributed by atoms with E-state index in [2.05, 4.69) is 5.32 Å². The molecule has 0 radical (unpaired) electrons. The summed E-state index contributed by atoms with van der Waals surface area (Å²) in [6, 6.07) is 10.9. The van der Waals surface area contributed by atoms with E-state index in [9.17, 15) is 18.0 Å². The summed E-state index contributed by atoms with van der Waals surface area (Å²) in [6.45, 7) is 1.06. The normalized spacial score (nSPS) is 17.7. The van der Waals surface area contributed by atoms with Gasteiger partial charge in [-0.2, -0.15) is 13.2 Å². The third-order valence-corrected chi connectivity index (χ3v) is 5.07. The first-order valence-corrected chi connectivity index (χ1v) is 9.18. The van der Waals surface area contributed by atoms with Gasteiger partial charge in [-0.05, 0) is 67.1 Å². The van der Waals surface area contributed by atoms with E-state index in [0.29, 0.717) is 11.6 Å². The molecule has 0 spiro atoms. The molecule has 2 aromatic carbocycles. The third-order valence-electron chi connectivity index (χ3n) is 5.07. The van der Waals surface area contributed by atoms with Gasteiger partial charge in [0.15, 0.2) is 0 Å². The second-order valence-corrected chi connectivity index (χ2v) is 7.00. The van der Waals surface area contributed by atoms with Gasteiger partial charge in [0.2, 0.25) is 5.91 Å². The summed E-state index contributed by atoms with van der Waals surface area (Å²) < 4.78 is 39.1. The van der Waals surface area contributed by atoms with Crippen molar-refractivity contribution in [2.75, 3.05) is 6.54 Å². The molecule has 0 saturated carbocycles. The Balaban J connectivity index is 1.80. The molecule has 27 heavy (non-hydrogen) atoms. The highest BCUT2D eigenvalue weighted by Gasteiger charge is 2.31. The van der Waals surface area contributed by atoms with Crippen LogP contribution < -0.4 is 11.1 Å². The molecule has 3 N–H and O–H groups in total. The van der Waals surface area contributed by atoms with Crippen molar-refractivity contribution >= 4 is 5.91 Å². The zero-order chi connectivity index (χ0) is 19.4. The standard InChI is InChI=1S/C21H23F3N2O/c22-21(23,24)16-9-11-18(20(25)27)19(13-16)15-7-4-14(5-8-15)6-10-17-3-1-2-12-26-17/h4-5,7-9,11,13,17,26H,1-3,6,10,12H2,(H2,25,27). The maximum Gasteiger partial charge on any atom is 0.416 e. The summed E-state index contributed by atoms with van der Waals surface area (Å²) in [5.74, 6) is -0.744. The van der Waals surface area contributed by atoms with Crippen LogP contribution in [0.5, 0.6) is 0 Å². The number of piperidine rings is 1. The van der Waals surface area contributed by atoms with Crippen LogP contribution in [0.2, 0.25) is 0 Å². The van der Waals surface area contributed by atoms with Crippen molar-refractivity contribution in [3.05, 3.63) is 59.2 Å². The molecular weight excluding hydrogens is 353 g/mol. The highest BCUT2D eigenvalue weighted by molar-refractivity contribution is 6.00. The van der Waals surface area contributed by atoms with Crippen LogP contribution in [-0.4, -0.2) is 18.5 Å². The van der Waals surface area contributed by atoms with Crippen molar-refractivity contribution in [2.45, 2.75) is 44.3 Å². The Kier molecular flexibility index (Phi) is 5.85. The minimum Gasteiger partial charge on any atom is -0.366 e. The average Bonchev–Trinajstić information content (AvgIpc) is 2.66. The lowest BCUT2D eigenvalue weighted by Crippen LogP contribution is -2.34. The summed E-state index contributed by atoms with van der Waals surface area (Å²) in [6.07, 6.45) is 1.13. The summed E-state index contributed by atoms with van der Waals surface area (Å²) in [7, 11) is 0. The molecule has 144 valence electrons. The molecule has 1 amide bonds. The lowest BCUT2D eigenvalue weighted by molar-refractivity contribution is -0.137. The Morgan fingerprint density at radius 2 is 1.85 bits per heavy atom. The Morgan fingerprint density at radius 1 is 1.11 bits per heavy atom. The Morgan fingerprint density at radius 3 is 2.44 bits per heavy atom. The van der Waals surface area contributed by atoms with E-state index in [4.69, 9.17) is 5.73 Å². The van der Waals surface area contributed by atoms with Crippen LogP contribution in [0.3, 0.4) is 0 Å². The number of nitrogens with one attached hydrogen (secondary N) is 1. The minimum atomic E-state index is -4.47. The smallest absolute Gasteiger partial charge is 0.366 e. The molecule has 1 aliphatic heterocycles. The zero-order valence-corrected chi connectivity index (χ0v) is 15.0. The first-order valence-electron chi connectivity index (χ1n) is 9.18. The number of aryl methyl sites for hydroxylation is 1. The second-order valence-electron chi connectivity index (χ2n) is 7.00. The number of rotatable bonds is 5. The number of nitrogens with two attached hydrogens (primary N) is 1. The van der Waals surface area contributed by atoms with Crippen LogP contribution in [0.25, 0.3) is 11.1 Å². The quantitative estimate of drug-likeness (QED) is 0.805. The summed E-state index contributed by atoms with van der Waals surface area (Å²) >= 11 is 0. The zero-order valence-electron chi connectivity index (χ0n) is 15.0. The molecule has 1 atom stereocenters. The fourth-order valence-electron chi connectivity index (χ4n) is 3.54. The Bertz CT molecular complexity index is 794. The number of primary amides is 1. The molecule has 3 rings (SSSR count). The van der Waals surface area contributed by atoms with Crippen molar-refractivity contribution < 1.29 is 18.0 Å². The number of hydrogen-bond acceptors (Lipinski definition) is 2. The first kappa shape index (κ1) is 19.4. The fourth-order valence-corrected chi connectivity index (χ4v) is 3.54. The van der Waals surface area contributed by atoms with Crippen molar-refractivity contribution in [3.63, 3.8) is 0 Å². The third kappa shape index (κ3) is 4.89. The van der Waals surface area contributed by atoms with Crippen LogP contribution >= 0.6 is 0 Å². The van der Waals surface area contributed by atoms with E-state index < -0.39 is 17.6 Å². The molecule has 1 unspecified atom stereocenters. The van der Waals surface area contributed by atoms with Crippen LogP contribution in [0.4, 0.5) is 13.2 Å². The number of benzene rings is 2. The lowest BCUT2D eigenvalue weighted by Gasteiger charge is -2.23. The summed E-state index contributed by atoms with van der Waals surface area (Å²) in [5, 5.41) is 3.51. The average molecular weight is 376 g/mol. The van der Waals surface area contributed by atoms with Crippen molar-refractivity contribution in [2.24, 2.45) is 5.73 Å². The van der Waals surface area contributed by atoms with Gasteiger partial charge >= 0.3 is 6.18 Å². The summed E-state index contributed by atoms with van der Waals surface area (Å²) in [5.41, 5.74) is 6.51. The van der Waals surface area contributed by atoms with Gasteiger partial charge in [0.1, 0.15) is 0 Å². The highest BCUT2D eigenvalue weighted by atomic mass is 19.4. The van der Waals surface area contributed by atoms with Crippen LogP contribution in [0.1, 0.15) is 47.2 Å². The minimum absolute atomic E-state index is 0.0853. The lowest BCUT2D eigenvalue weighted by atomic mass is 9.94. The van der Waals surface area contributed by atoms with Crippen LogP contribution in [0.15, 0.2) is 42.5 Å². The summed E-state index contributed by atoms with van der Waals surface area (Å²) in [4.78, 5) is 11.6. The molecular formula is C21H23F3N2O. The Labute approximate surface area is 156 Å². The molecule has 1 heterocycles. The molecule has 3 nitrogen and oxygen atoms in total. The van der Waals surface area contributed by atoms with E-state index in [1.807, 2.05) is 12.1 Å². The molecule has 0 aliphatic carbocycles. The van der Waals surface area contributed by atoms with E-state index in [-0.39, 0.29) is 11.1 Å². The Hall–Kier alpha value is -2.34. The number of halogens is 3. The number of hydrogen-bond donors (Lipinski definition) is 2. The predicted octanol–water partition coefficient (Wildman–Crippen LogP) is 4.55. The van der Waals surface area contributed by atoms with Gasteiger partial charge in [0.25, 0.3) is 0 Å². The predicted molar refractivity (Wildman–Crippen MR) is 99.4 cm³/mol. The van der Waals surface area contributed by atoms with Gasteiger partial charge < -0.3 is 11.1 Å². The number of amides is 1. The van der Waals surface area contributed by atoms with Gasteiger partial charge in [0.05, 0.1) is 5.56 Å². The molecule has 0 aromatic heterocycles. The van der Waals surface area contributed by atoms with Crippen LogP contribution in [-0.2, 0) is 12.6 Å². The molecule has 0 bridgehead atoms. The van der Waals surface area contributed by atoms with Crippen LogP contribution in [0, 0.1) is 0 Å². The van der Waals surface area contributed by atoms with Crippen molar-refractivity contribution in [3.8, 4) is 11.1 Å². The molecule has 1 fully saturated rings. The first-order chi connectivity index (χ1) is 12.8. The van der Waals surface area contributed by atoms with Gasteiger partial charge in [-0.15, -0.1) is 0 Å². The van der Waals surface area contributed by atoms with Crippen molar-refractivity contribution in [1.82, 2.24) is 5.32 Å². The number of carbonyl (C=O) groups is 1. The molecule has 2 aromatic rings.